The summed E-state index contributed by atoms with van der Waals surface area (Å²) < 4.78 is 6.04. The van der Waals surface area contributed by atoms with Gasteiger partial charge in [-0.15, -0.1) is 0 Å². The Balaban J connectivity index is 2.05. The minimum Gasteiger partial charge on any atom is -0.489 e. The van der Waals surface area contributed by atoms with E-state index in [1.165, 1.54) is 5.56 Å². The fraction of sp³-hybridized carbons (Fsp3) is 0.167. The first-order valence-electron chi connectivity index (χ1n) is 6.96. The first kappa shape index (κ1) is 11.5. The summed E-state index contributed by atoms with van der Waals surface area (Å²) >= 11 is 0. The molecule has 4 rings (SSSR count). The summed E-state index contributed by atoms with van der Waals surface area (Å²) in [6.45, 7) is 2.11. The second-order valence-corrected chi connectivity index (χ2v) is 5.28. The lowest BCUT2D eigenvalue weighted by molar-refractivity contribution is 0.257. The molecule has 20 heavy (non-hydrogen) atoms. The highest BCUT2D eigenvalue weighted by atomic mass is 16.5. The fourth-order valence-corrected chi connectivity index (χ4v) is 2.91. The topological polar surface area (TPSA) is 22.1 Å². The van der Waals surface area contributed by atoms with Crippen molar-refractivity contribution in [3.05, 3.63) is 60.2 Å². The lowest BCUT2D eigenvalue weighted by Gasteiger charge is -2.10. The van der Waals surface area contributed by atoms with Crippen LogP contribution in [0.1, 0.15) is 12.5 Å². The third kappa shape index (κ3) is 1.68. The number of aromatic nitrogens is 1. The van der Waals surface area contributed by atoms with Crippen molar-refractivity contribution >= 4 is 10.9 Å². The summed E-state index contributed by atoms with van der Waals surface area (Å²) in [5.74, 6) is 1.02. The quantitative estimate of drug-likeness (QED) is 0.654. The Morgan fingerprint density at radius 3 is 2.60 bits per heavy atom. The minimum absolute atomic E-state index is 0.222. The third-order valence-corrected chi connectivity index (χ3v) is 3.80. The Hall–Kier alpha value is -2.35. The maximum atomic E-state index is 6.04. The lowest BCUT2D eigenvalue weighted by atomic mass is 10.00. The summed E-state index contributed by atoms with van der Waals surface area (Å²) in [4.78, 5) is 4.87. The van der Waals surface area contributed by atoms with Gasteiger partial charge in [-0.3, -0.25) is 0 Å². The first-order chi connectivity index (χ1) is 9.83. The molecular formula is C18H15NO. The molecule has 1 aliphatic heterocycles. The van der Waals surface area contributed by atoms with Gasteiger partial charge in [0.1, 0.15) is 11.9 Å². The number of rotatable bonds is 1. The van der Waals surface area contributed by atoms with E-state index in [1.807, 2.05) is 18.2 Å². The van der Waals surface area contributed by atoms with E-state index in [4.69, 9.17) is 9.72 Å². The number of hydrogen-bond donors (Lipinski definition) is 0. The van der Waals surface area contributed by atoms with Crippen LogP contribution in [0.4, 0.5) is 0 Å². The molecule has 2 heterocycles. The summed E-state index contributed by atoms with van der Waals surface area (Å²) in [5, 5.41) is 1.12. The number of pyridine rings is 1. The van der Waals surface area contributed by atoms with Gasteiger partial charge in [0.05, 0.1) is 11.2 Å². The second-order valence-electron chi connectivity index (χ2n) is 5.28. The lowest BCUT2D eigenvalue weighted by Crippen LogP contribution is -2.05. The maximum Gasteiger partial charge on any atom is 0.134 e. The highest BCUT2D eigenvalue weighted by Gasteiger charge is 2.26. The van der Waals surface area contributed by atoms with E-state index in [0.29, 0.717) is 0 Å². The smallest absolute Gasteiger partial charge is 0.134 e. The van der Waals surface area contributed by atoms with E-state index >= 15 is 0 Å². The summed E-state index contributed by atoms with van der Waals surface area (Å²) in [6.07, 6.45) is 1.15. The fourth-order valence-electron chi connectivity index (χ4n) is 2.91. The molecular weight excluding hydrogens is 246 g/mol. The number of benzene rings is 2. The summed E-state index contributed by atoms with van der Waals surface area (Å²) in [6, 6.07) is 18.6. The van der Waals surface area contributed by atoms with Crippen molar-refractivity contribution < 1.29 is 4.74 Å². The summed E-state index contributed by atoms with van der Waals surface area (Å²) in [5.41, 5.74) is 4.46. The predicted octanol–water partition coefficient (Wildman–Crippen LogP) is 4.23. The van der Waals surface area contributed by atoms with Crippen LogP contribution >= 0.6 is 0 Å². The largest absolute Gasteiger partial charge is 0.489 e. The Kier molecular flexibility index (Phi) is 2.49. The van der Waals surface area contributed by atoms with Gasteiger partial charge in [0.15, 0.2) is 0 Å². The zero-order valence-corrected chi connectivity index (χ0v) is 11.3. The molecule has 1 aromatic heterocycles. The van der Waals surface area contributed by atoms with Crippen molar-refractivity contribution in [2.75, 3.05) is 0 Å². The average Bonchev–Trinajstić information content (AvgIpc) is 2.89. The van der Waals surface area contributed by atoms with Gasteiger partial charge < -0.3 is 4.74 Å². The minimum atomic E-state index is 0.222. The standard InChI is InChI=1S/C18H15NO/c1-12-11-15-17(13-7-3-2-4-8-13)19-16-10-6-5-9-14(16)18(15)20-12/h2-10,12H,11H2,1H3. The molecule has 0 spiro atoms. The van der Waals surface area contributed by atoms with Crippen LogP contribution < -0.4 is 4.74 Å². The number of hydrogen-bond acceptors (Lipinski definition) is 2. The number of ether oxygens (including phenoxy) is 1. The molecule has 2 aromatic carbocycles. The predicted molar refractivity (Wildman–Crippen MR) is 81.0 cm³/mol. The molecule has 0 saturated heterocycles. The van der Waals surface area contributed by atoms with Crippen molar-refractivity contribution in [3.8, 4) is 17.0 Å². The maximum absolute atomic E-state index is 6.04. The highest BCUT2D eigenvalue weighted by Crippen LogP contribution is 2.40. The molecule has 98 valence electrons. The van der Waals surface area contributed by atoms with Crippen molar-refractivity contribution in [2.24, 2.45) is 0 Å². The first-order valence-corrected chi connectivity index (χ1v) is 6.96. The molecule has 0 bridgehead atoms. The van der Waals surface area contributed by atoms with Gasteiger partial charge in [0.2, 0.25) is 0 Å². The number of para-hydroxylation sites is 1. The van der Waals surface area contributed by atoms with Gasteiger partial charge in [-0.1, -0.05) is 42.5 Å². The molecule has 0 fully saturated rings. The molecule has 1 atom stereocenters. The van der Waals surface area contributed by atoms with Crippen molar-refractivity contribution in [2.45, 2.75) is 19.4 Å². The van der Waals surface area contributed by atoms with Gasteiger partial charge in [-0.25, -0.2) is 4.98 Å². The van der Waals surface area contributed by atoms with Crippen molar-refractivity contribution in [1.29, 1.82) is 0 Å². The van der Waals surface area contributed by atoms with Crippen LogP contribution in [-0.4, -0.2) is 11.1 Å². The van der Waals surface area contributed by atoms with Crippen molar-refractivity contribution in [1.82, 2.24) is 4.98 Å². The van der Waals surface area contributed by atoms with Gasteiger partial charge in [0, 0.05) is 22.9 Å². The monoisotopic (exact) mass is 261 g/mol. The van der Waals surface area contributed by atoms with E-state index in [1.54, 1.807) is 0 Å². The SMILES string of the molecule is CC1Cc2c(-c3ccccc3)nc3ccccc3c2O1. The van der Waals surface area contributed by atoms with Crippen LogP contribution in [0, 0.1) is 0 Å². The normalized spacial score (nSPS) is 16.9. The van der Waals surface area contributed by atoms with Gasteiger partial charge >= 0.3 is 0 Å². The molecule has 0 amide bonds. The molecule has 2 nitrogen and oxygen atoms in total. The molecule has 2 heteroatoms. The van der Waals surface area contributed by atoms with Crippen molar-refractivity contribution in [3.63, 3.8) is 0 Å². The zero-order valence-electron chi connectivity index (χ0n) is 11.3. The number of fused-ring (bicyclic) bond motifs is 3. The molecule has 3 aromatic rings. The van der Waals surface area contributed by atoms with E-state index in [2.05, 4.69) is 43.3 Å². The van der Waals surface area contributed by atoms with Gasteiger partial charge in [-0.05, 0) is 19.1 Å². The molecule has 0 N–H and O–H groups in total. The van der Waals surface area contributed by atoms with E-state index in [9.17, 15) is 0 Å². The van der Waals surface area contributed by atoms with Gasteiger partial charge in [0.25, 0.3) is 0 Å². The van der Waals surface area contributed by atoms with Crippen LogP contribution in [0.25, 0.3) is 22.2 Å². The Bertz CT molecular complexity index is 780. The average molecular weight is 261 g/mol. The Morgan fingerprint density at radius 1 is 1.00 bits per heavy atom. The molecule has 0 radical (unpaired) electrons. The Labute approximate surface area is 118 Å². The molecule has 1 unspecified atom stereocenters. The summed E-state index contributed by atoms with van der Waals surface area (Å²) in [7, 11) is 0. The van der Waals surface area contributed by atoms with Gasteiger partial charge in [-0.2, -0.15) is 0 Å². The molecule has 0 saturated carbocycles. The van der Waals surface area contributed by atoms with Crippen LogP contribution in [0.15, 0.2) is 54.6 Å². The van der Waals surface area contributed by atoms with Crippen LogP contribution in [0.3, 0.4) is 0 Å². The molecule has 0 aliphatic carbocycles. The highest BCUT2D eigenvalue weighted by molar-refractivity contribution is 5.90. The Morgan fingerprint density at radius 2 is 1.75 bits per heavy atom. The molecule has 1 aliphatic rings. The second kappa shape index (κ2) is 4.34. The van der Waals surface area contributed by atoms with E-state index in [-0.39, 0.29) is 6.10 Å². The number of nitrogens with zero attached hydrogens (tertiary/aromatic N) is 1. The van der Waals surface area contributed by atoms with E-state index < -0.39 is 0 Å². The van der Waals surface area contributed by atoms with Crippen LogP contribution in [0.5, 0.6) is 5.75 Å². The van der Waals surface area contributed by atoms with E-state index in [0.717, 1.165) is 34.3 Å². The zero-order chi connectivity index (χ0) is 13.5. The van der Waals surface area contributed by atoms with Crippen LogP contribution in [-0.2, 0) is 6.42 Å². The van der Waals surface area contributed by atoms with Crippen LogP contribution in [0.2, 0.25) is 0 Å². The third-order valence-electron chi connectivity index (χ3n) is 3.80.